The van der Waals surface area contributed by atoms with Gasteiger partial charge in [-0.15, -0.1) is 0 Å². The summed E-state index contributed by atoms with van der Waals surface area (Å²) < 4.78 is 12.8. The second kappa shape index (κ2) is 9.49. The largest absolute Gasteiger partial charge is 0.497 e. The molecule has 0 saturated heterocycles. The van der Waals surface area contributed by atoms with Crippen molar-refractivity contribution >= 4 is 22.1 Å². The summed E-state index contributed by atoms with van der Waals surface area (Å²) in [4.78, 5) is 3.35. The van der Waals surface area contributed by atoms with Crippen LogP contribution >= 0.6 is 0 Å². The minimum Gasteiger partial charge on any atom is -0.497 e. The van der Waals surface area contributed by atoms with Gasteiger partial charge in [0.05, 0.1) is 31.5 Å². The average molecular weight is 456 g/mol. The van der Waals surface area contributed by atoms with Crippen molar-refractivity contribution in [2.24, 2.45) is 0 Å². The zero-order valence-corrected chi connectivity index (χ0v) is 19.2. The van der Waals surface area contributed by atoms with E-state index in [1.165, 1.54) is 0 Å². The number of aliphatic hydroxyl groups excluding tert-OH is 1. The minimum absolute atomic E-state index is 0.123. The molecule has 0 saturated carbocycles. The van der Waals surface area contributed by atoms with Crippen molar-refractivity contribution < 1.29 is 14.6 Å². The quantitative estimate of drug-likeness (QED) is 0.298. The maximum atomic E-state index is 9.37. The van der Waals surface area contributed by atoms with Crippen molar-refractivity contribution in [1.29, 1.82) is 0 Å². The number of nitrogens with one attached hydrogen (secondary N) is 2. The van der Waals surface area contributed by atoms with Gasteiger partial charge in [-0.3, -0.25) is 0 Å². The molecule has 0 amide bonds. The van der Waals surface area contributed by atoms with Crippen molar-refractivity contribution in [2.45, 2.75) is 12.5 Å². The first-order valence-corrected chi connectivity index (χ1v) is 11.2. The number of pyridine rings is 1. The summed E-state index contributed by atoms with van der Waals surface area (Å²) in [5, 5.41) is 18.9. The second-order valence-corrected chi connectivity index (χ2v) is 8.13. The van der Waals surface area contributed by atoms with E-state index in [-0.39, 0.29) is 12.6 Å². The molecule has 1 radical (unpaired) electrons. The number of anilines is 1. The number of nitrogens with zero attached hydrogens (tertiary/aromatic N) is 2. The molecule has 0 aliphatic heterocycles. The van der Waals surface area contributed by atoms with E-state index < -0.39 is 0 Å². The molecule has 173 valence electrons. The third-order valence-electron chi connectivity index (χ3n) is 5.91. The molecule has 1 unspecified atom stereocenters. The zero-order chi connectivity index (χ0) is 23.5. The van der Waals surface area contributed by atoms with Crippen molar-refractivity contribution in [1.82, 2.24) is 14.6 Å². The molecular weight excluding hydrogens is 428 g/mol. The Bertz CT molecular complexity index is 1370. The van der Waals surface area contributed by atoms with Crippen LogP contribution in [-0.4, -0.2) is 40.5 Å². The summed E-state index contributed by atoms with van der Waals surface area (Å²) in [7, 11) is 3.28. The number of aliphatic hydroxyl groups is 1. The normalized spacial score (nSPS) is 12.2. The molecule has 3 heterocycles. The van der Waals surface area contributed by atoms with Crippen molar-refractivity contribution in [3.63, 3.8) is 0 Å². The van der Waals surface area contributed by atoms with Gasteiger partial charge in [0.25, 0.3) is 0 Å². The lowest BCUT2D eigenvalue weighted by atomic mass is 10.00. The first-order valence-electron chi connectivity index (χ1n) is 11.2. The second-order valence-electron chi connectivity index (χ2n) is 8.13. The van der Waals surface area contributed by atoms with Gasteiger partial charge in [0.2, 0.25) is 0 Å². The zero-order valence-electron chi connectivity index (χ0n) is 19.2. The van der Waals surface area contributed by atoms with E-state index in [0.29, 0.717) is 17.9 Å². The third-order valence-corrected chi connectivity index (χ3v) is 5.91. The Morgan fingerprint density at radius 3 is 2.62 bits per heavy atom. The number of aromatic nitrogens is 3. The molecule has 0 fully saturated rings. The molecule has 0 bridgehead atoms. The summed E-state index contributed by atoms with van der Waals surface area (Å²) in [5.74, 6) is 1.41. The number of hydrogen-bond acceptors (Lipinski definition) is 5. The number of fused-ring (bicyclic) bond motifs is 2. The lowest BCUT2D eigenvalue weighted by molar-refractivity contribution is 0.299. The number of aromatic amines is 1. The van der Waals surface area contributed by atoms with Gasteiger partial charge in [-0.1, -0.05) is 12.1 Å². The average Bonchev–Trinajstić information content (AvgIpc) is 3.47. The number of benzene rings is 2. The molecule has 0 spiro atoms. The maximum Gasteiger partial charge on any atom is 0.124 e. The minimum atomic E-state index is -0.225. The van der Waals surface area contributed by atoms with Crippen LogP contribution in [0.15, 0.2) is 73.1 Å². The van der Waals surface area contributed by atoms with Crippen LogP contribution in [-0.2, 0) is 6.42 Å². The molecule has 2 aromatic carbocycles. The maximum absolute atomic E-state index is 9.37. The first-order chi connectivity index (χ1) is 16.7. The molecule has 3 aromatic heterocycles. The van der Waals surface area contributed by atoms with Crippen LogP contribution in [0.2, 0.25) is 0 Å². The Kier molecular flexibility index (Phi) is 6.10. The molecule has 7 nitrogen and oxygen atoms in total. The van der Waals surface area contributed by atoms with Gasteiger partial charge in [-0.25, -0.2) is 4.52 Å². The van der Waals surface area contributed by atoms with E-state index in [1.807, 2.05) is 59.4 Å². The van der Waals surface area contributed by atoms with Gasteiger partial charge in [0.15, 0.2) is 0 Å². The molecule has 1 atom stereocenters. The molecule has 7 heteroatoms. The molecule has 5 rings (SSSR count). The Labute approximate surface area is 198 Å². The number of methoxy groups -OCH3 is 2. The van der Waals surface area contributed by atoms with E-state index >= 15 is 0 Å². The number of rotatable bonds is 9. The van der Waals surface area contributed by atoms with Crippen LogP contribution in [0.3, 0.4) is 0 Å². The van der Waals surface area contributed by atoms with Crippen LogP contribution < -0.4 is 14.8 Å². The summed E-state index contributed by atoms with van der Waals surface area (Å²) in [6.45, 7) is 0.123. The van der Waals surface area contributed by atoms with Gasteiger partial charge in [0, 0.05) is 60.2 Å². The highest BCUT2D eigenvalue weighted by Gasteiger charge is 2.20. The SMILES string of the molecule is COc1cc(NC([CH]c2c[nH]c3ccc(CCO)cc23)c2cc3ccccn3n2)cc(OC)c1. The molecule has 34 heavy (non-hydrogen) atoms. The number of ether oxygens (including phenoxy) is 2. The number of hydrogen-bond donors (Lipinski definition) is 3. The first kappa shape index (κ1) is 21.9. The van der Waals surface area contributed by atoms with Crippen LogP contribution in [0.5, 0.6) is 11.5 Å². The van der Waals surface area contributed by atoms with Gasteiger partial charge in [-0.05, 0) is 47.9 Å². The summed E-state index contributed by atoms with van der Waals surface area (Å²) >= 11 is 0. The van der Waals surface area contributed by atoms with Gasteiger partial charge >= 0.3 is 0 Å². The van der Waals surface area contributed by atoms with Crippen LogP contribution in [0.1, 0.15) is 22.9 Å². The predicted octanol–water partition coefficient (Wildman–Crippen LogP) is 4.77. The van der Waals surface area contributed by atoms with Crippen LogP contribution in [0, 0.1) is 6.42 Å². The van der Waals surface area contributed by atoms with E-state index in [0.717, 1.165) is 38.9 Å². The predicted molar refractivity (Wildman–Crippen MR) is 134 cm³/mol. The number of H-pyrrole nitrogens is 1. The third kappa shape index (κ3) is 4.43. The highest BCUT2D eigenvalue weighted by atomic mass is 16.5. The molecule has 0 aliphatic rings. The highest BCUT2D eigenvalue weighted by molar-refractivity contribution is 5.85. The molecular formula is C27H27N4O3. The lowest BCUT2D eigenvalue weighted by Crippen LogP contribution is -2.13. The Balaban J connectivity index is 1.55. The van der Waals surface area contributed by atoms with Gasteiger partial charge in [-0.2, -0.15) is 5.10 Å². The van der Waals surface area contributed by atoms with Crippen molar-refractivity contribution in [2.75, 3.05) is 26.1 Å². The van der Waals surface area contributed by atoms with Crippen molar-refractivity contribution in [3.8, 4) is 11.5 Å². The summed E-state index contributed by atoms with van der Waals surface area (Å²) in [5.41, 5.74) is 5.96. The van der Waals surface area contributed by atoms with Crippen molar-refractivity contribution in [3.05, 3.63) is 96.3 Å². The molecule has 5 aromatic rings. The summed E-state index contributed by atoms with van der Waals surface area (Å²) in [6, 6.07) is 19.8. The van der Waals surface area contributed by atoms with E-state index in [9.17, 15) is 5.11 Å². The van der Waals surface area contributed by atoms with E-state index in [2.05, 4.69) is 34.9 Å². The highest BCUT2D eigenvalue weighted by Crippen LogP contribution is 2.32. The fourth-order valence-corrected chi connectivity index (χ4v) is 4.17. The van der Waals surface area contributed by atoms with Crippen LogP contribution in [0.25, 0.3) is 16.4 Å². The standard InChI is InChI=1S/C27H27N4O3/c1-33-22-13-20(14-23(16-22)34-2)29-26(27-15-21-5-3-4-9-31(21)30-27)12-19-17-28-25-7-6-18(8-10-32)11-24(19)25/h3-7,9,11-17,26,28-29,32H,8,10H2,1-2H3. The lowest BCUT2D eigenvalue weighted by Gasteiger charge is -2.19. The smallest absolute Gasteiger partial charge is 0.124 e. The Hall–Kier alpha value is -3.97. The topological polar surface area (TPSA) is 83.8 Å². The fraction of sp³-hybridized carbons (Fsp3) is 0.185. The van der Waals surface area contributed by atoms with Gasteiger partial charge < -0.3 is 24.9 Å². The summed E-state index contributed by atoms with van der Waals surface area (Å²) in [6.07, 6.45) is 6.73. The van der Waals surface area contributed by atoms with Crippen LogP contribution in [0.4, 0.5) is 5.69 Å². The fourth-order valence-electron chi connectivity index (χ4n) is 4.17. The Morgan fingerprint density at radius 1 is 1.06 bits per heavy atom. The van der Waals surface area contributed by atoms with Gasteiger partial charge in [0.1, 0.15) is 11.5 Å². The monoisotopic (exact) mass is 455 g/mol. The molecule has 0 aliphatic carbocycles. The molecule has 3 N–H and O–H groups in total. The Morgan fingerprint density at radius 2 is 1.88 bits per heavy atom. The van der Waals surface area contributed by atoms with E-state index in [4.69, 9.17) is 14.6 Å². The van der Waals surface area contributed by atoms with E-state index in [1.54, 1.807) is 14.2 Å².